The van der Waals surface area contributed by atoms with Crippen molar-refractivity contribution < 1.29 is 22.7 Å². The monoisotopic (exact) mass is 301 g/mol. The van der Waals surface area contributed by atoms with Crippen LogP contribution in [0.4, 0.5) is 18.9 Å². The Morgan fingerprint density at radius 2 is 2.19 bits per heavy atom. The third-order valence-electron chi connectivity index (χ3n) is 2.74. The van der Waals surface area contributed by atoms with Gasteiger partial charge in [-0.2, -0.15) is 18.4 Å². The zero-order valence-corrected chi connectivity index (χ0v) is 11.2. The molecule has 1 atom stereocenters. The second kappa shape index (κ2) is 7.06. The Morgan fingerprint density at radius 1 is 1.52 bits per heavy atom. The van der Waals surface area contributed by atoms with Gasteiger partial charge in [0.2, 0.25) is 5.91 Å². The molecule has 1 amide bonds. The summed E-state index contributed by atoms with van der Waals surface area (Å²) >= 11 is 0. The molecule has 0 bridgehead atoms. The molecular weight excluding hydrogens is 287 g/mol. The van der Waals surface area contributed by atoms with E-state index in [1.165, 1.54) is 13.2 Å². The predicted molar refractivity (Wildman–Crippen MR) is 69.3 cm³/mol. The van der Waals surface area contributed by atoms with E-state index in [0.717, 1.165) is 6.07 Å². The molecule has 1 rings (SSSR count). The predicted octanol–water partition coefficient (Wildman–Crippen LogP) is 1.88. The Labute approximate surface area is 119 Å². The summed E-state index contributed by atoms with van der Waals surface area (Å²) in [5, 5.41) is 10.8. The molecule has 0 aliphatic carbocycles. The summed E-state index contributed by atoms with van der Waals surface area (Å²) in [6.07, 6.45) is -5.41. The van der Waals surface area contributed by atoms with Crippen molar-refractivity contribution in [2.24, 2.45) is 5.73 Å². The van der Waals surface area contributed by atoms with E-state index >= 15 is 0 Å². The van der Waals surface area contributed by atoms with Gasteiger partial charge in [-0.1, -0.05) is 0 Å². The quantitative estimate of drug-likeness (QED) is 0.869. The molecule has 3 N–H and O–H groups in total. The van der Waals surface area contributed by atoms with Crippen molar-refractivity contribution >= 4 is 11.6 Å². The maximum Gasteiger partial charge on any atom is 0.418 e. The lowest BCUT2D eigenvalue weighted by molar-refractivity contribution is -0.137. The summed E-state index contributed by atoms with van der Waals surface area (Å²) in [7, 11) is 1.35. The summed E-state index contributed by atoms with van der Waals surface area (Å²) < 4.78 is 43.6. The van der Waals surface area contributed by atoms with Crippen molar-refractivity contribution in [2.45, 2.75) is 18.7 Å². The molecule has 0 radical (unpaired) electrons. The molecule has 8 heteroatoms. The van der Waals surface area contributed by atoms with Gasteiger partial charge >= 0.3 is 6.18 Å². The molecule has 114 valence electrons. The van der Waals surface area contributed by atoms with E-state index in [2.05, 4.69) is 5.32 Å². The topological polar surface area (TPSA) is 88.1 Å². The fourth-order valence-corrected chi connectivity index (χ4v) is 1.63. The number of amides is 1. The smallest absolute Gasteiger partial charge is 0.380 e. The fourth-order valence-electron chi connectivity index (χ4n) is 1.63. The van der Waals surface area contributed by atoms with Crippen LogP contribution in [0.2, 0.25) is 0 Å². The minimum atomic E-state index is -4.68. The molecule has 0 saturated heterocycles. The highest BCUT2D eigenvalue weighted by Crippen LogP contribution is 2.35. The summed E-state index contributed by atoms with van der Waals surface area (Å²) in [5.41, 5.74) is 3.72. The van der Waals surface area contributed by atoms with Crippen LogP contribution in [0.3, 0.4) is 0 Å². The Balaban J connectivity index is 2.98. The third-order valence-corrected chi connectivity index (χ3v) is 2.74. The number of alkyl halides is 3. The maximum atomic E-state index is 12.9. The molecule has 5 nitrogen and oxygen atoms in total. The number of ether oxygens (including phenoxy) is 1. The van der Waals surface area contributed by atoms with Crippen molar-refractivity contribution in [1.82, 2.24) is 0 Å². The number of nitrogens with zero attached hydrogens (tertiary/aromatic N) is 1. The maximum absolute atomic E-state index is 12.9. The van der Waals surface area contributed by atoms with Crippen molar-refractivity contribution in [1.29, 1.82) is 5.26 Å². The van der Waals surface area contributed by atoms with Gasteiger partial charge in [-0.05, 0) is 18.2 Å². The van der Waals surface area contributed by atoms with Gasteiger partial charge in [0.05, 0.1) is 35.4 Å². The summed E-state index contributed by atoms with van der Waals surface area (Å²) in [5.74, 6) is -0.650. The molecule has 0 heterocycles. The largest absolute Gasteiger partial charge is 0.418 e. The molecule has 1 aromatic rings. The summed E-state index contributed by atoms with van der Waals surface area (Å²) in [6.45, 7) is 0.0728. The number of nitriles is 1. The highest BCUT2D eigenvalue weighted by molar-refractivity contribution is 5.92. The van der Waals surface area contributed by atoms with Crippen LogP contribution in [-0.2, 0) is 15.7 Å². The van der Waals surface area contributed by atoms with Gasteiger partial charge in [0.15, 0.2) is 0 Å². The number of carbonyl (C=O) groups is 1. The lowest BCUT2D eigenvalue weighted by Gasteiger charge is -2.16. The number of carbonyl (C=O) groups excluding carboxylic acids is 1. The van der Waals surface area contributed by atoms with Crippen LogP contribution in [0.15, 0.2) is 18.2 Å². The molecule has 0 spiro atoms. The molecule has 1 aromatic carbocycles. The molecule has 0 saturated carbocycles. The number of hydrogen-bond donors (Lipinski definition) is 2. The van der Waals surface area contributed by atoms with Crippen LogP contribution < -0.4 is 11.1 Å². The second-order valence-corrected chi connectivity index (χ2v) is 4.22. The summed E-state index contributed by atoms with van der Waals surface area (Å²) in [6, 6.07) is 4.55. The van der Waals surface area contributed by atoms with Gasteiger partial charge in [0, 0.05) is 13.7 Å². The molecule has 0 fully saturated rings. The lowest BCUT2D eigenvalue weighted by Crippen LogP contribution is -2.28. The number of rotatable bonds is 5. The van der Waals surface area contributed by atoms with Crippen molar-refractivity contribution in [3.05, 3.63) is 29.3 Å². The van der Waals surface area contributed by atoms with Gasteiger partial charge in [-0.15, -0.1) is 0 Å². The van der Waals surface area contributed by atoms with Crippen LogP contribution >= 0.6 is 0 Å². The van der Waals surface area contributed by atoms with E-state index in [9.17, 15) is 18.0 Å². The average molecular weight is 301 g/mol. The van der Waals surface area contributed by atoms with E-state index in [4.69, 9.17) is 15.7 Å². The van der Waals surface area contributed by atoms with Gasteiger partial charge in [-0.3, -0.25) is 4.79 Å². The third kappa shape index (κ3) is 4.73. The fraction of sp³-hybridized carbons (Fsp3) is 0.385. The van der Waals surface area contributed by atoms with E-state index in [1.807, 2.05) is 0 Å². The van der Waals surface area contributed by atoms with Crippen molar-refractivity contribution in [2.75, 3.05) is 19.0 Å². The Hall–Kier alpha value is -2.11. The van der Waals surface area contributed by atoms with Crippen LogP contribution in [0.1, 0.15) is 17.5 Å². The van der Waals surface area contributed by atoms with Crippen LogP contribution in [0.25, 0.3) is 0 Å². The Kier molecular flexibility index (Phi) is 5.69. The minimum absolute atomic E-state index is 0.0728. The number of benzene rings is 1. The molecule has 1 unspecified atom stereocenters. The molecule has 0 aliphatic heterocycles. The van der Waals surface area contributed by atoms with Gasteiger partial charge in [0.25, 0.3) is 0 Å². The normalized spacial score (nSPS) is 12.6. The lowest BCUT2D eigenvalue weighted by atomic mass is 10.1. The number of nitrogens with one attached hydrogen (secondary N) is 1. The number of hydrogen-bond acceptors (Lipinski definition) is 4. The van der Waals surface area contributed by atoms with Crippen LogP contribution in [0, 0.1) is 11.3 Å². The van der Waals surface area contributed by atoms with Gasteiger partial charge in [0.1, 0.15) is 0 Å². The zero-order chi connectivity index (χ0) is 16.0. The number of methoxy groups -OCH3 is 1. The number of anilines is 1. The minimum Gasteiger partial charge on any atom is -0.380 e. The average Bonchev–Trinajstić information content (AvgIpc) is 2.44. The van der Waals surface area contributed by atoms with E-state index in [0.29, 0.717) is 6.07 Å². The molecular formula is C13H14F3N3O2. The molecule has 21 heavy (non-hydrogen) atoms. The standard InChI is InChI=1S/C13H14F3N3O2/c1-21-9(7-18)5-12(20)19-11-3-2-8(6-17)4-10(11)13(14,15)16/h2-4,9H,5,7,18H2,1H3,(H,19,20). The van der Waals surface area contributed by atoms with E-state index in [-0.39, 0.29) is 18.5 Å². The first-order chi connectivity index (χ1) is 9.81. The first-order valence-electron chi connectivity index (χ1n) is 5.95. The van der Waals surface area contributed by atoms with E-state index in [1.54, 1.807) is 6.07 Å². The zero-order valence-electron chi connectivity index (χ0n) is 11.2. The number of nitrogens with two attached hydrogens (primary N) is 1. The van der Waals surface area contributed by atoms with Crippen molar-refractivity contribution in [3.8, 4) is 6.07 Å². The molecule has 0 aliphatic rings. The van der Waals surface area contributed by atoms with Crippen LogP contribution in [-0.4, -0.2) is 25.7 Å². The van der Waals surface area contributed by atoms with Gasteiger partial charge < -0.3 is 15.8 Å². The highest BCUT2D eigenvalue weighted by atomic mass is 19.4. The van der Waals surface area contributed by atoms with E-state index < -0.39 is 29.4 Å². The summed E-state index contributed by atoms with van der Waals surface area (Å²) in [4.78, 5) is 11.7. The molecule has 0 aromatic heterocycles. The first-order valence-corrected chi connectivity index (χ1v) is 5.95. The second-order valence-electron chi connectivity index (χ2n) is 4.22. The van der Waals surface area contributed by atoms with Crippen LogP contribution in [0.5, 0.6) is 0 Å². The number of halogens is 3. The SMILES string of the molecule is COC(CN)CC(=O)Nc1ccc(C#N)cc1C(F)(F)F. The Bertz CT molecular complexity index is 549. The highest BCUT2D eigenvalue weighted by Gasteiger charge is 2.34. The first kappa shape index (κ1) is 16.9. The Morgan fingerprint density at radius 3 is 2.67 bits per heavy atom. The van der Waals surface area contributed by atoms with Gasteiger partial charge in [-0.25, -0.2) is 0 Å². The van der Waals surface area contributed by atoms with Crippen molar-refractivity contribution in [3.63, 3.8) is 0 Å².